The fraction of sp³-hybridized carbons (Fsp3) is 0.263. The Labute approximate surface area is 155 Å². The van der Waals surface area contributed by atoms with Crippen molar-refractivity contribution >= 4 is 5.91 Å². The molecule has 0 spiro atoms. The van der Waals surface area contributed by atoms with Crippen molar-refractivity contribution < 1.29 is 13.9 Å². The minimum absolute atomic E-state index is 0.0227. The van der Waals surface area contributed by atoms with Crippen molar-refractivity contribution in [2.24, 2.45) is 5.92 Å². The summed E-state index contributed by atoms with van der Waals surface area (Å²) in [5.74, 6) is 0.316. The molecule has 1 aliphatic heterocycles. The molecule has 27 heavy (non-hydrogen) atoms. The molecule has 1 atom stereocenters. The van der Waals surface area contributed by atoms with Crippen molar-refractivity contribution in [2.75, 3.05) is 19.7 Å². The Balaban J connectivity index is 1.31. The third kappa shape index (κ3) is 3.94. The van der Waals surface area contributed by atoms with Crippen LogP contribution in [0.1, 0.15) is 16.8 Å². The number of aromatic amines is 1. The predicted octanol–water partition coefficient (Wildman–Crippen LogP) is 2.55. The van der Waals surface area contributed by atoms with Crippen molar-refractivity contribution in [3.05, 3.63) is 60.2 Å². The molecule has 0 aliphatic carbocycles. The maximum Gasteiger partial charge on any atom is 0.257 e. The van der Waals surface area contributed by atoms with E-state index in [1.54, 1.807) is 35.4 Å². The highest BCUT2D eigenvalue weighted by molar-refractivity contribution is 5.93. The van der Waals surface area contributed by atoms with Gasteiger partial charge in [0.25, 0.3) is 5.91 Å². The number of aromatic nitrogens is 4. The van der Waals surface area contributed by atoms with Crippen molar-refractivity contribution in [1.82, 2.24) is 25.3 Å². The van der Waals surface area contributed by atoms with E-state index in [1.807, 2.05) is 0 Å². The molecule has 4 rings (SSSR count). The standard InChI is InChI=1S/C19H18FN5O2/c20-16-3-1-2-14(8-16)17-4-5-18(24-23-17)27-12-13-6-7-25(11-13)19(26)15-9-21-22-10-15/h1-5,8-10,13H,6-7,11-12H2,(H,21,22). The largest absolute Gasteiger partial charge is 0.476 e. The van der Waals surface area contributed by atoms with Gasteiger partial charge < -0.3 is 9.64 Å². The Morgan fingerprint density at radius 1 is 1.30 bits per heavy atom. The fourth-order valence-corrected chi connectivity index (χ4v) is 3.11. The van der Waals surface area contributed by atoms with Gasteiger partial charge in [0.15, 0.2) is 0 Å². The summed E-state index contributed by atoms with van der Waals surface area (Å²) in [5.41, 5.74) is 1.81. The van der Waals surface area contributed by atoms with Crippen molar-refractivity contribution in [1.29, 1.82) is 0 Å². The molecular weight excluding hydrogens is 349 g/mol. The highest BCUT2D eigenvalue weighted by Gasteiger charge is 2.27. The summed E-state index contributed by atoms with van der Waals surface area (Å²) in [6.45, 7) is 1.80. The van der Waals surface area contributed by atoms with Gasteiger partial charge in [-0.15, -0.1) is 10.2 Å². The van der Waals surface area contributed by atoms with E-state index in [4.69, 9.17) is 4.74 Å². The van der Waals surface area contributed by atoms with E-state index in [2.05, 4.69) is 20.4 Å². The first-order valence-electron chi connectivity index (χ1n) is 8.69. The molecule has 1 unspecified atom stereocenters. The number of benzene rings is 1. The van der Waals surface area contributed by atoms with Crippen LogP contribution in [-0.2, 0) is 0 Å². The number of nitrogens with one attached hydrogen (secondary N) is 1. The van der Waals surface area contributed by atoms with Gasteiger partial charge in [-0.3, -0.25) is 9.89 Å². The van der Waals surface area contributed by atoms with Crippen molar-refractivity contribution in [3.8, 4) is 17.1 Å². The molecule has 8 heteroatoms. The average Bonchev–Trinajstić information content (AvgIpc) is 3.38. The van der Waals surface area contributed by atoms with Gasteiger partial charge in [-0.1, -0.05) is 12.1 Å². The number of likely N-dealkylation sites (tertiary alicyclic amines) is 1. The van der Waals surface area contributed by atoms with Crippen LogP contribution in [0.15, 0.2) is 48.8 Å². The van der Waals surface area contributed by atoms with Crippen LogP contribution in [0.4, 0.5) is 4.39 Å². The number of nitrogens with zero attached hydrogens (tertiary/aromatic N) is 4. The number of H-pyrrole nitrogens is 1. The maximum absolute atomic E-state index is 13.3. The number of hydrogen-bond donors (Lipinski definition) is 1. The number of carbonyl (C=O) groups excluding carboxylic acids is 1. The second-order valence-electron chi connectivity index (χ2n) is 6.47. The summed E-state index contributed by atoms with van der Waals surface area (Å²) in [6, 6.07) is 9.67. The number of halogens is 1. The molecule has 0 saturated carbocycles. The smallest absolute Gasteiger partial charge is 0.257 e. The van der Waals surface area contributed by atoms with Crippen LogP contribution in [-0.4, -0.2) is 50.9 Å². The quantitative estimate of drug-likeness (QED) is 0.749. The second-order valence-corrected chi connectivity index (χ2v) is 6.47. The van der Waals surface area contributed by atoms with E-state index in [1.165, 1.54) is 18.3 Å². The molecule has 3 heterocycles. The van der Waals surface area contributed by atoms with Crippen LogP contribution in [0.2, 0.25) is 0 Å². The van der Waals surface area contributed by atoms with Gasteiger partial charge >= 0.3 is 0 Å². The Morgan fingerprint density at radius 3 is 2.96 bits per heavy atom. The van der Waals surface area contributed by atoms with E-state index in [9.17, 15) is 9.18 Å². The molecule has 1 N–H and O–H groups in total. The molecule has 0 bridgehead atoms. The Morgan fingerprint density at radius 2 is 2.22 bits per heavy atom. The van der Waals surface area contributed by atoms with Crippen molar-refractivity contribution in [2.45, 2.75) is 6.42 Å². The molecule has 138 valence electrons. The average molecular weight is 367 g/mol. The number of ether oxygens (including phenoxy) is 1. The van der Waals surface area contributed by atoms with E-state index in [0.717, 1.165) is 6.42 Å². The fourth-order valence-electron chi connectivity index (χ4n) is 3.11. The Kier molecular flexibility index (Phi) is 4.78. The van der Waals surface area contributed by atoms with Crippen LogP contribution in [0.5, 0.6) is 5.88 Å². The summed E-state index contributed by atoms with van der Waals surface area (Å²) in [4.78, 5) is 14.1. The van der Waals surface area contributed by atoms with E-state index >= 15 is 0 Å². The lowest BCUT2D eigenvalue weighted by molar-refractivity contribution is 0.0783. The van der Waals surface area contributed by atoms with Crippen LogP contribution in [0.25, 0.3) is 11.3 Å². The molecule has 1 saturated heterocycles. The first kappa shape index (κ1) is 17.1. The van der Waals surface area contributed by atoms with E-state index in [0.29, 0.717) is 42.4 Å². The van der Waals surface area contributed by atoms with Crippen LogP contribution in [0.3, 0.4) is 0 Å². The summed E-state index contributed by atoms with van der Waals surface area (Å²) in [6.07, 6.45) is 4.00. The molecule has 1 fully saturated rings. The number of carbonyl (C=O) groups is 1. The first-order valence-corrected chi connectivity index (χ1v) is 8.69. The second kappa shape index (κ2) is 7.53. The van der Waals surface area contributed by atoms with Crippen LogP contribution in [0, 0.1) is 11.7 Å². The number of amides is 1. The zero-order valence-electron chi connectivity index (χ0n) is 14.5. The van der Waals surface area contributed by atoms with Crippen LogP contribution < -0.4 is 4.74 Å². The number of rotatable bonds is 5. The van der Waals surface area contributed by atoms with Gasteiger partial charge in [-0.05, 0) is 24.6 Å². The van der Waals surface area contributed by atoms with Gasteiger partial charge in [0.05, 0.1) is 24.1 Å². The molecule has 0 radical (unpaired) electrons. The predicted molar refractivity (Wildman–Crippen MR) is 95.5 cm³/mol. The Hall–Kier alpha value is -3.29. The zero-order valence-corrected chi connectivity index (χ0v) is 14.5. The lowest BCUT2D eigenvalue weighted by Crippen LogP contribution is -2.29. The molecule has 1 aromatic carbocycles. The van der Waals surface area contributed by atoms with Crippen molar-refractivity contribution in [3.63, 3.8) is 0 Å². The summed E-state index contributed by atoms with van der Waals surface area (Å²) in [7, 11) is 0. The van der Waals surface area contributed by atoms with Gasteiger partial charge in [0.1, 0.15) is 5.82 Å². The van der Waals surface area contributed by atoms with Gasteiger partial charge in [0, 0.05) is 36.8 Å². The zero-order chi connectivity index (χ0) is 18.6. The summed E-state index contributed by atoms with van der Waals surface area (Å²) in [5, 5.41) is 14.6. The third-order valence-electron chi connectivity index (χ3n) is 4.55. The molecule has 1 amide bonds. The van der Waals surface area contributed by atoms with E-state index < -0.39 is 0 Å². The molecule has 3 aromatic rings. The van der Waals surface area contributed by atoms with Crippen LogP contribution >= 0.6 is 0 Å². The lowest BCUT2D eigenvalue weighted by Gasteiger charge is -2.15. The molecule has 1 aliphatic rings. The maximum atomic E-state index is 13.3. The minimum Gasteiger partial charge on any atom is -0.476 e. The summed E-state index contributed by atoms with van der Waals surface area (Å²) >= 11 is 0. The molecule has 7 nitrogen and oxygen atoms in total. The highest BCUT2D eigenvalue weighted by atomic mass is 19.1. The first-order chi connectivity index (χ1) is 13.2. The highest BCUT2D eigenvalue weighted by Crippen LogP contribution is 2.21. The third-order valence-corrected chi connectivity index (χ3v) is 4.55. The Bertz CT molecular complexity index is 914. The van der Waals surface area contributed by atoms with E-state index in [-0.39, 0.29) is 17.6 Å². The van der Waals surface area contributed by atoms with Gasteiger partial charge in [-0.2, -0.15) is 5.10 Å². The van der Waals surface area contributed by atoms with Gasteiger partial charge in [-0.25, -0.2) is 4.39 Å². The lowest BCUT2D eigenvalue weighted by atomic mass is 10.1. The minimum atomic E-state index is -0.314. The van der Waals surface area contributed by atoms with Gasteiger partial charge in [0.2, 0.25) is 5.88 Å². The topological polar surface area (TPSA) is 84.0 Å². The summed E-state index contributed by atoms with van der Waals surface area (Å²) < 4.78 is 19.0. The normalized spacial score (nSPS) is 16.5. The SMILES string of the molecule is O=C(c1cn[nH]c1)N1CCC(COc2ccc(-c3cccc(F)c3)nn2)C1. The number of hydrogen-bond acceptors (Lipinski definition) is 5. The molecule has 2 aromatic heterocycles. The molecular formula is C19H18FN5O2. The monoisotopic (exact) mass is 367 g/mol.